The normalized spacial score (nSPS) is 11.5. The summed E-state index contributed by atoms with van der Waals surface area (Å²) >= 11 is 6.17. The van der Waals surface area contributed by atoms with Crippen molar-refractivity contribution in [3.8, 4) is 0 Å². The van der Waals surface area contributed by atoms with Crippen LogP contribution in [0.5, 0.6) is 0 Å². The molecule has 0 aliphatic carbocycles. The van der Waals surface area contributed by atoms with E-state index in [-0.39, 0.29) is 0 Å². The molecule has 0 aliphatic heterocycles. The molecule has 0 bridgehead atoms. The molecule has 1 rings (SSSR count). The Kier molecular flexibility index (Phi) is 8.07. The second-order valence-electron chi connectivity index (χ2n) is 4.47. The Morgan fingerprint density at radius 3 is 2.80 bits per heavy atom. The number of nitrogens with one attached hydrogen (secondary N) is 1. The van der Waals surface area contributed by atoms with E-state index in [4.69, 9.17) is 16.3 Å². The lowest BCUT2D eigenvalue weighted by molar-refractivity contribution is 0.145. The van der Waals surface area contributed by atoms with Crippen molar-refractivity contribution in [3.63, 3.8) is 0 Å². The van der Waals surface area contributed by atoms with Gasteiger partial charge in [-0.15, -0.1) is 0 Å². The Morgan fingerprint density at radius 2 is 2.15 bits per heavy atom. The largest absolute Gasteiger partial charge is 0.382 e. The first kappa shape index (κ1) is 16.8. The van der Waals surface area contributed by atoms with Crippen LogP contribution in [0.3, 0.4) is 0 Å². The van der Waals surface area contributed by atoms with E-state index in [1.807, 2.05) is 38.2 Å². The predicted octanol–water partition coefficient (Wildman–Crippen LogP) is 2.77. The summed E-state index contributed by atoms with van der Waals surface area (Å²) in [6, 6.07) is 7.87. The van der Waals surface area contributed by atoms with Crippen molar-refractivity contribution in [2.45, 2.75) is 19.9 Å². The molecule has 0 saturated heterocycles. The number of nitrogens with zero attached hydrogens (tertiary/aromatic N) is 2. The number of aliphatic imine (C=N–C) groups is 1. The lowest BCUT2D eigenvalue weighted by Crippen LogP contribution is -2.39. The average Bonchev–Trinajstić information content (AvgIpc) is 2.45. The van der Waals surface area contributed by atoms with Gasteiger partial charge in [-0.1, -0.05) is 29.8 Å². The third-order valence-corrected chi connectivity index (χ3v) is 3.26. The zero-order valence-electron chi connectivity index (χ0n) is 12.5. The second kappa shape index (κ2) is 9.61. The Labute approximate surface area is 126 Å². The smallest absolute Gasteiger partial charge is 0.193 e. The van der Waals surface area contributed by atoms with Crippen molar-refractivity contribution < 1.29 is 4.74 Å². The van der Waals surface area contributed by atoms with Crippen molar-refractivity contribution in [1.29, 1.82) is 0 Å². The number of rotatable bonds is 7. The monoisotopic (exact) mass is 297 g/mol. The number of ether oxygens (including phenoxy) is 1. The molecule has 4 nitrogen and oxygen atoms in total. The molecule has 1 aromatic carbocycles. The van der Waals surface area contributed by atoms with Crippen LogP contribution in [0, 0.1) is 0 Å². The topological polar surface area (TPSA) is 36.9 Å². The lowest BCUT2D eigenvalue weighted by atomic mass is 10.2. The zero-order chi connectivity index (χ0) is 14.8. The molecule has 0 saturated carbocycles. The van der Waals surface area contributed by atoms with Crippen LogP contribution in [0.4, 0.5) is 0 Å². The number of hydrogen-bond donors (Lipinski definition) is 1. The zero-order valence-corrected chi connectivity index (χ0v) is 13.3. The molecule has 112 valence electrons. The van der Waals surface area contributed by atoms with Crippen LogP contribution in [0.2, 0.25) is 5.02 Å². The van der Waals surface area contributed by atoms with Gasteiger partial charge in [-0.05, 0) is 25.0 Å². The minimum atomic E-state index is 0.727. The van der Waals surface area contributed by atoms with Crippen LogP contribution in [-0.4, -0.2) is 44.7 Å². The van der Waals surface area contributed by atoms with E-state index in [2.05, 4.69) is 15.2 Å². The molecule has 0 spiro atoms. The quantitative estimate of drug-likeness (QED) is 0.478. The van der Waals surface area contributed by atoms with Crippen molar-refractivity contribution in [2.24, 2.45) is 4.99 Å². The fourth-order valence-electron chi connectivity index (χ4n) is 1.86. The van der Waals surface area contributed by atoms with Crippen LogP contribution in [0.15, 0.2) is 29.3 Å². The van der Waals surface area contributed by atoms with Gasteiger partial charge in [0.25, 0.3) is 0 Å². The maximum atomic E-state index is 6.17. The minimum absolute atomic E-state index is 0.727. The van der Waals surface area contributed by atoms with Gasteiger partial charge < -0.3 is 15.0 Å². The Morgan fingerprint density at radius 1 is 1.40 bits per heavy atom. The Bertz CT molecular complexity index is 423. The fraction of sp³-hybridized carbons (Fsp3) is 0.533. The number of halogens is 1. The van der Waals surface area contributed by atoms with Gasteiger partial charge in [-0.2, -0.15) is 0 Å². The summed E-state index contributed by atoms with van der Waals surface area (Å²) < 4.78 is 5.31. The molecule has 20 heavy (non-hydrogen) atoms. The van der Waals surface area contributed by atoms with E-state index in [0.717, 1.165) is 49.3 Å². The van der Waals surface area contributed by atoms with Gasteiger partial charge in [0.05, 0.1) is 0 Å². The van der Waals surface area contributed by atoms with E-state index >= 15 is 0 Å². The molecule has 0 aliphatic rings. The molecule has 0 heterocycles. The highest BCUT2D eigenvalue weighted by Gasteiger charge is 2.08. The SMILES string of the molecule is CCOCCCNC(=NC)N(C)Cc1ccccc1Cl. The van der Waals surface area contributed by atoms with E-state index in [0.29, 0.717) is 0 Å². The van der Waals surface area contributed by atoms with Gasteiger partial charge >= 0.3 is 0 Å². The number of benzene rings is 1. The Hall–Kier alpha value is -1.26. The van der Waals surface area contributed by atoms with Gasteiger partial charge in [0, 0.05) is 45.4 Å². The molecular weight excluding hydrogens is 274 g/mol. The predicted molar refractivity (Wildman–Crippen MR) is 85.4 cm³/mol. The van der Waals surface area contributed by atoms with Gasteiger partial charge in [-0.3, -0.25) is 4.99 Å². The lowest BCUT2D eigenvalue weighted by Gasteiger charge is -2.22. The van der Waals surface area contributed by atoms with Crippen molar-refractivity contribution >= 4 is 17.6 Å². The van der Waals surface area contributed by atoms with Gasteiger partial charge in [-0.25, -0.2) is 0 Å². The van der Waals surface area contributed by atoms with Crippen LogP contribution in [-0.2, 0) is 11.3 Å². The van der Waals surface area contributed by atoms with E-state index in [1.54, 1.807) is 7.05 Å². The molecule has 1 aromatic rings. The van der Waals surface area contributed by atoms with Crippen LogP contribution in [0.1, 0.15) is 18.9 Å². The van der Waals surface area contributed by atoms with Gasteiger partial charge in [0.15, 0.2) is 5.96 Å². The van der Waals surface area contributed by atoms with Crippen LogP contribution in [0.25, 0.3) is 0 Å². The summed E-state index contributed by atoms with van der Waals surface area (Å²) in [5.41, 5.74) is 1.09. The minimum Gasteiger partial charge on any atom is -0.382 e. The summed E-state index contributed by atoms with van der Waals surface area (Å²) in [5, 5.41) is 4.10. The maximum absolute atomic E-state index is 6.17. The molecule has 0 unspecified atom stereocenters. The first-order valence-corrected chi connectivity index (χ1v) is 7.29. The molecule has 0 amide bonds. The summed E-state index contributed by atoms with van der Waals surface area (Å²) in [6.45, 7) is 5.12. The fourth-order valence-corrected chi connectivity index (χ4v) is 2.06. The third kappa shape index (κ3) is 5.80. The van der Waals surface area contributed by atoms with E-state index < -0.39 is 0 Å². The van der Waals surface area contributed by atoms with Gasteiger partial charge in [0.2, 0.25) is 0 Å². The molecule has 0 aromatic heterocycles. The maximum Gasteiger partial charge on any atom is 0.193 e. The van der Waals surface area contributed by atoms with Crippen LogP contribution < -0.4 is 5.32 Å². The van der Waals surface area contributed by atoms with E-state index in [1.165, 1.54) is 0 Å². The highest BCUT2D eigenvalue weighted by Crippen LogP contribution is 2.16. The molecule has 0 atom stereocenters. The standard InChI is InChI=1S/C15H24ClN3O/c1-4-20-11-7-10-18-15(17-2)19(3)12-13-8-5-6-9-14(13)16/h5-6,8-9H,4,7,10-12H2,1-3H3,(H,17,18). The molecular formula is C15H24ClN3O. The summed E-state index contributed by atoms with van der Waals surface area (Å²) in [7, 11) is 3.79. The highest BCUT2D eigenvalue weighted by atomic mass is 35.5. The van der Waals surface area contributed by atoms with Crippen molar-refractivity contribution in [2.75, 3.05) is 33.9 Å². The molecule has 0 fully saturated rings. The molecule has 1 N–H and O–H groups in total. The summed E-state index contributed by atoms with van der Waals surface area (Å²) in [6.07, 6.45) is 0.965. The summed E-state index contributed by atoms with van der Waals surface area (Å²) in [4.78, 5) is 6.34. The first-order valence-electron chi connectivity index (χ1n) is 6.92. The first-order chi connectivity index (χ1) is 9.69. The van der Waals surface area contributed by atoms with E-state index in [9.17, 15) is 0 Å². The summed E-state index contributed by atoms with van der Waals surface area (Å²) in [5.74, 6) is 0.862. The van der Waals surface area contributed by atoms with Crippen molar-refractivity contribution in [1.82, 2.24) is 10.2 Å². The van der Waals surface area contributed by atoms with Crippen molar-refractivity contribution in [3.05, 3.63) is 34.9 Å². The third-order valence-electron chi connectivity index (χ3n) is 2.89. The Balaban J connectivity index is 2.43. The number of hydrogen-bond acceptors (Lipinski definition) is 2. The molecule has 5 heteroatoms. The number of guanidine groups is 1. The van der Waals surface area contributed by atoms with Gasteiger partial charge in [0.1, 0.15) is 0 Å². The van der Waals surface area contributed by atoms with Crippen LogP contribution >= 0.6 is 11.6 Å². The molecule has 0 radical (unpaired) electrons. The highest BCUT2D eigenvalue weighted by molar-refractivity contribution is 6.31. The second-order valence-corrected chi connectivity index (χ2v) is 4.88. The average molecular weight is 298 g/mol.